The lowest BCUT2D eigenvalue weighted by molar-refractivity contribution is 0.0374. The van der Waals surface area contributed by atoms with Gasteiger partial charge in [0, 0.05) is 66.5 Å². The smallest absolute Gasteiger partial charge is 0.251 e. The summed E-state index contributed by atoms with van der Waals surface area (Å²) in [5.41, 5.74) is 4.24. The van der Waals surface area contributed by atoms with Crippen LogP contribution in [0.4, 0.5) is 0 Å². The van der Waals surface area contributed by atoms with Crippen LogP contribution in [0.2, 0.25) is 0 Å². The average molecular weight is 478 g/mol. The van der Waals surface area contributed by atoms with Crippen LogP contribution < -0.4 is 10.6 Å². The average Bonchev–Trinajstić information content (AvgIpc) is 3.30. The number of likely N-dealkylation sites (N-methyl/N-ethyl adjacent to an activating group) is 1. The zero-order valence-corrected chi connectivity index (χ0v) is 20.6. The summed E-state index contributed by atoms with van der Waals surface area (Å²) in [6, 6.07) is 13.3. The number of fused-ring (bicyclic) bond motifs is 1. The van der Waals surface area contributed by atoms with Crippen molar-refractivity contribution in [3.05, 3.63) is 59.8 Å². The van der Waals surface area contributed by atoms with E-state index in [0.29, 0.717) is 24.2 Å². The van der Waals surface area contributed by atoms with Crippen LogP contribution >= 0.6 is 0 Å². The third-order valence-corrected chi connectivity index (χ3v) is 6.29. The summed E-state index contributed by atoms with van der Waals surface area (Å²) in [5.74, 6) is -0.132. The number of aromatic amines is 1. The number of carbonyl (C=O) groups is 2. The second-order valence-corrected chi connectivity index (χ2v) is 9.16. The van der Waals surface area contributed by atoms with Gasteiger partial charge in [-0.2, -0.15) is 0 Å². The minimum Gasteiger partial charge on any atom is -0.379 e. The van der Waals surface area contributed by atoms with Gasteiger partial charge in [-0.3, -0.25) is 14.5 Å². The van der Waals surface area contributed by atoms with Crippen LogP contribution in [0.1, 0.15) is 27.1 Å². The second kappa shape index (κ2) is 12.0. The molecule has 1 saturated heterocycles. The van der Waals surface area contributed by atoms with Gasteiger partial charge in [0.2, 0.25) is 0 Å². The molecule has 1 fully saturated rings. The molecule has 4 rings (SSSR count). The number of ether oxygens (including phenoxy) is 1. The van der Waals surface area contributed by atoms with Crippen molar-refractivity contribution in [1.29, 1.82) is 0 Å². The summed E-state index contributed by atoms with van der Waals surface area (Å²) < 4.78 is 5.37. The van der Waals surface area contributed by atoms with Gasteiger partial charge in [0.05, 0.1) is 13.2 Å². The van der Waals surface area contributed by atoms with Crippen LogP contribution in [-0.4, -0.2) is 93.2 Å². The maximum absolute atomic E-state index is 12.6. The molecule has 0 spiro atoms. The number of carbonyl (C=O) groups excluding carboxylic acids is 2. The second-order valence-electron chi connectivity index (χ2n) is 9.16. The maximum Gasteiger partial charge on any atom is 0.251 e. The van der Waals surface area contributed by atoms with Crippen LogP contribution in [0.5, 0.6) is 0 Å². The normalized spacial score (nSPS) is 14.4. The summed E-state index contributed by atoms with van der Waals surface area (Å²) in [4.78, 5) is 32.6. The molecule has 0 radical (unpaired) electrons. The van der Waals surface area contributed by atoms with E-state index in [-0.39, 0.29) is 11.8 Å². The van der Waals surface area contributed by atoms with Crippen molar-refractivity contribution in [1.82, 2.24) is 25.4 Å². The van der Waals surface area contributed by atoms with Gasteiger partial charge in [0.25, 0.3) is 11.8 Å². The Balaban J connectivity index is 1.34. The number of rotatable bonds is 10. The van der Waals surface area contributed by atoms with Crippen molar-refractivity contribution < 1.29 is 14.3 Å². The Labute approximate surface area is 206 Å². The number of H-pyrrole nitrogens is 1. The standard InChI is InChI=1S/C27H35N5O3/c1-31(2)13-11-29-26(33)21-6-4-20(5-7-21)24-19-30-25-18-22(8-9-23(24)25)27(34)28-10-3-12-32-14-16-35-17-15-32/h4-9,18-19,30H,3,10-17H2,1-2H3,(H,28,34)(H,29,33). The molecule has 2 heterocycles. The van der Waals surface area contributed by atoms with Gasteiger partial charge in [0.15, 0.2) is 0 Å². The highest BCUT2D eigenvalue weighted by Crippen LogP contribution is 2.29. The molecular weight excluding hydrogens is 442 g/mol. The molecule has 0 aliphatic carbocycles. The maximum atomic E-state index is 12.6. The van der Waals surface area contributed by atoms with Crippen LogP contribution in [-0.2, 0) is 4.74 Å². The molecule has 3 N–H and O–H groups in total. The van der Waals surface area contributed by atoms with E-state index in [9.17, 15) is 9.59 Å². The molecule has 186 valence electrons. The molecule has 0 bridgehead atoms. The van der Waals surface area contributed by atoms with E-state index in [1.54, 1.807) is 0 Å². The molecule has 8 nitrogen and oxygen atoms in total. The minimum atomic E-state index is -0.0714. The summed E-state index contributed by atoms with van der Waals surface area (Å²) in [6.45, 7) is 6.55. The Morgan fingerprint density at radius 1 is 0.971 bits per heavy atom. The zero-order valence-electron chi connectivity index (χ0n) is 20.6. The van der Waals surface area contributed by atoms with Crippen LogP contribution in [0.3, 0.4) is 0 Å². The van der Waals surface area contributed by atoms with Crippen molar-refractivity contribution in [2.45, 2.75) is 6.42 Å². The first kappa shape index (κ1) is 24.9. The van der Waals surface area contributed by atoms with Gasteiger partial charge in [-0.25, -0.2) is 0 Å². The highest BCUT2D eigenvalue weighted by Gasteiger charge is 2.13. The molecule has 35 heavy (non-hydrogen) atoms. The van der Waals surface area contributed by atoms with Gasteiger partial charge in [0.1, 0.15) is 0 Å². The number of hydrogen-bond acceptors (Lipinski definition) is 5. The summed E-state index contributed by atoms with van der Waals surface area (Å²) in [5, 5.41) is 7.00. The molecule has 1 aliphatic heterocycles. The molecule has 1 aliphatic rings. The van der Waals surface area contributed by atoms with Gasteiger partial charge in [-0.15, -0.1) is 0 Å². The minimum absolute atomic E-state index is 0.0605. The summed E-state index contributed by atoms with van der Waals surface area (Å²) in [7, 11) is 3.96. The predicted octanol–water partition coefficient (Wildman–Crippen LogP) is 2.58. The van der Waals surface area contributed by atoms with Gasteiger partial charge in [-0.1, -0.05) is 18.2 Å². The molecule has 0 atom stereocenters. The lowest BCUT2D eigenvalue weighted by Gasteiger charge is -2.26. The lowest BCUT2D eigenvalue weighted by Crippen LogP contribution is -2.38. The summed E-state index contributed by atoms with van der Waals surface area (Å²) >= 11 is 0. The van der Waals surface area contributed by atoms with Crippen LogP contribution in [0.25, 0.3) is 22.0 Å². The topological polar surface area (TPSA) is 89.7 Å². The SMILES string of the molecule is CN(C)CCNC(=O)c1ccc(-c2c[nH]c3cc(C(=O)NCCCN4CCOCC4)ccc23)cc1. The lowest BCUT2D eigenvalue weighted by atomic mass is 10.0. The highest BCUT2D eigenvalue weighted by molar-refractivity contribution is 6.02. The fraction of sp³-hybridized carbons (Fsp3) is 0.407. The van der Waals surface area contributed by atoms with Crippen molar-refractivity contribution in [3.63, 3.8) is 0 Å². The Hall–Kier alpha value is -3.20. The molecule has 1 aromatic heterocycles. The third-order valence-electron chi connectivity index (χ3n) is 6.29. The van der Waals surface area contributed by atoms with Crippen LogP contribution in [0, 0.1) is 0 Å². The van der Waals surface area contributed by atoms with E-state index in [2.05, 4.69) is 20.5 Å². The van der Waals surface area contributed by atoms with Crippen LogP contribution in [0.15, 0.2) is 48.7 Å². The van der Waals surface area contributed by atoms with Crippen molar-refractivity contribution in [2.75, 3.05) is 66.6 Å². The van der Waals surface area contributed by atoms with E-state index < -0.39 is 0 Å². The Morgan fingerprint density at radius 3 is 2.40 bits per heavy atom. The number of benzene rings is 2. The quantitative estimate of drug-likeness (QED) is 0.391. The number of hydrogen-bond donors (Lipinski definition) is 3. The predicted molar refractivity (Wildman–Crippen MR) is 139 cm³/mol. The third kappa shape index (κ3) is 6.69. The molecule has 0 saturated carbocycles. The fourth-order valence-electron chi connectivity index (χ4n) is 4.23. The monoisotopic (exact) mass is 477 g/mol. The Kier molecular flexibility index (Phi) is 8.52. The number of amides is 2. The van der Waals surface area contributed by atoms with Crippen molar-refractivity contribution in [3.8, 4) is 11.1 Å². The van der Waals surface area contributed by atoms with Gasteiger partial charge >= 0.3 is 0 Å². The fourth-order valence-corrected chi connectivity index (χ4v) is 4.23. The number of aromatic nitrogens is 1. The molecule has 2 amide bonds. The van der Waals surface area contributed by atoms with Gasteiger partial charge < -0.3 is 25.3 Å². The summed E-state index contributed by atoms with van der Waals surface area (Å²) in [6.07, 6.45) is 2.87. The van der Waals surface area contributed by atoms with E-state index in [0.717, 1.165) is 67.8 Å². The number of nitrogens with one attached hydrogen (secondary N) is 3. The largest absolute Gasteiger partial charge is 0.379 e. The number of morpholine rings is 1. The van der Waals surface area contributed by atoms with Crippen molar-refractivity contribution in [2.24, 2.45) is 0 Å². The van der Waals surface area contributed by atoms with Crippen molar-refractivity contribution >= 4 is 22.7 Å². The molecule has 0 unspecified atom stereocenters. The van der Waals surface area contributed by atoms with E-state index in [1.165, 1.54) is 0 Å². The first-order chi connectivity index (χ1) is 17.0. The van der Waals surface area contributed by atoms with E-state index in [1.807, 2.05) is 67.7 Å². The zero-order chi connectivity index (χ0) is 24.6. The molecule has 3 aromatic rings. The first-order valence-corrected chi connectivity index (χ1v) is 12.2. The first-order valence-electron chi connectivity index (χ1n) is 12.2. The molecule has 2 aromatic carbocycles. The van der Waals surface area contributed by atoms with Gasteiger partial charge in [-0.05, 0) is 56.9 Å². The Morgan fingerprint density at radius 2 is 1.66 bits per heavy atom. The highest BCUT2D eigenvalue weighted by atomic mass is 16.5. The Bertz CT molecular complexity index is 1130. The van der Waals surface area contributed by atoms with E-state index >= 15 is 0 Å². The van der Waals surface area contributed by atoms with E-state index in [4.69, 9.17) is 4.74 Å². The number of nitrogens with zero attached hydrogens (tertiary/aromatic N) is 2. The molecular formula is C27H35N5O3. The molecule has 8 heteroatoms.